The number of esters is 1. The summed E-state index contributed by atoms with van der Waals surface area (Å²) in [5.41, 5.74) is 5.06. The Hall–Kier alpha value is -3.02. The standard InChI is InChI=1S/C38H56O6/c1-14-28(39)44-33(21-18-26(35(2,3)4)31(40)27(19-21)36(5,6)7)25(34(42)43)20-24-22-16-15-17-23(24)30(38(11,12)13)32(41)29(22)37(8,9)10/h18-19,25,33,40-41H,14-17,20H2,1-13H3,(H,42,43). The summed E-state index contributed by atoms with van der Waals surface area (Å²) in [5.74, 6) is -2.11. The molecule has 244 valence electrons. The zero-order chi connectivity index (χ0) is 33.7. The molecule has 3 N–H and O–H groups in total. The van der Waals surface area contributed by atoms with Crippen molar-refractivity contribution in [1.29, 1.82) is 0 Å². The lowest BCUT2D eigenvalue weighted by molar-refractivity contribution is -0.159. The fraction of sp³-hybridized carbons (Fsp3) is 0.632. The van der Waals surface area contributed by atoms with E-state index in [1.165, 1.54) is 0 Å². The average molecular weight is 609 g/mol. The van der Waals surface area contributed by atoms with Crippen molar-refractivity contribution in [2.45, 2.75) is 150 Å². The van der Waals surface area contributed by atoms with Crippen LogP contribution in [-0.2, 0) is 55.2 Å². The Labute approximate surface area is 265 Å². The van der Waals surface area contributed by atoms with E-state index in [4.69, 9.17) is 4.74 Å². The number of benzene rings is 2. The van der Waals surface area contributed by atoms with E-state index < -0.39 is 34.8 Å². The first-order chi connectivity index (χ1) is 19.9. The third kappa shape index (κ3) is 7.10. The molecule has 0 spiro atoms. The molecular weight excluding hydrogens is 552 g/mol. The summed E-state index contributed by atoms with van der Waals surface area (Å²) in [6.45, 7) is 26.2. The normalized spacial score (nSPS) is 15.6. The highest BCUT2D eigenvalue weighted by atomic mass is 16.5. The molecule has 2 aromatic carbocycles. The second-order valence-electron chi connectivity index (χ2n) is 16.8. The second-order valence-corrected chi connectivity index (χ2v) is 16.8. The Balaban J connectivity index is 2.39. The van der Waals surface area contributed by atoms with E-state index in [1.54, 1.807) is 6.92 Å². The third-order valence-corrected chi connectivity index (χ3v) is 8.89. The number of carbonyl (C=O) groups excluding carboxylic acids is 1. The van der Waals surface area contributed by atoms with Crippen LogP contribution in [0.5, 0.6) is 11.5 Å². The number of carboxylic acid groups (broad SMARTS) is 1. The van der Waals surface area contributed by atoms with Crippen molar-refractivity contribution in [3.63, 3.8) is 0 Å². The van der Waals surface area contributed by atoms with Crippen LogP contribution in [0, 0.1) is 5.92 Å². The van der Waals surface area contributed by atoms with Crippen molar-refractivity contribution in [2.75, 3.05) is 0 Å². The van der Waals surface area contributed by atoms with E-state index in [9.17, 15) is 24.9 Å². The Bertz CT molecular complexity index is 1340. The van der Waals surface area contributed by atoms with Crippen molar-refractivity contribution in [1.82, 2.24) is 0 Å². The number of carbonyl (C=O) groups is 2. The van der Waals surface area contributed by atoms with Gasteiger partial charge in [0.15, 0.2) is 0 Å². The van der Waals surface area contributed by atoms with Crippen LogP contribution >= 0.6 is 0 Å². The molecule has 0 saturated heterocycles. The van der Waals surface area contributed by atoms with Gasteiger partial charge in [0.25, 0.3) is 0 Å². The van der Waals surface area contributed by atoms with E-state index in [2.05, 4.69) is 41.5 Å². The van der Waals surface area contributed by atoms with Gasteiger partial charge < -0.3 is 20.1 Å². The van der Waals surface area contributed by atoms with Gasteiger partial charge in [-0.25, -0.2) is 0 Å². The molecule has 1 aliphatic carbocycles. The predicted octanol–water partition coefficient (Wildman–Crippen LogP) is 8.71. The second kappa shape index (κ2) is 12.1. The van der Waals surface area contributed by atoms with Gasteiger partial charge >= 0.3 is 11.9 Å². The van der Waals surface area contributed by atoms with Crippen LogP contribution in [0.15, 0.2) is 12.1 Å². The van der Waals surface area contributed by atoms with Gasteiger partial charge in [-0.15, -0.1) is 0 Å². The fourth-order valence-corrected chi connectivity index (χ4v) is 6.87. The molecular formula is C38H56O6. The topological polar surface area (TPSA) is 104 Å². The molecule has 2 aromatic rings. The van der Waals surface area contributed by atoms with Gasteiger partial charge in [-0.2, -0.15) is 0 Å². The summed E-state index contributed by atoms with van der Waals surface area (Å²) >= 11 is 0. The Kier molecular flexibility index (Phi) is 9.72. The summed E-state index contributed by atoms with van der Waals surface area (Å²) in [6, 6.07) is 3.64. The number of aromatic hydroxyl groups is 2. The van der Waals surface area contributed by atoms with E-state index in [0.717, 1.165) is 47.1 Å². The van der Waals surface area contributed by atoms with E-state index in [-0.39, 0.29) is 29.4 Å². The maximum absolute atomic E-state index is 13.3. The first-order valence-electron chi connectivity index (χ1n) is 16.1. The molecule has 3 rings (SSSR count). The molecule has 2 unspecified atom stereocenters. The SMILES string of the molecule is CCC(=O)OC(c1cc(C(C)(C)C)c(O)c(C(C)(C)C)c1)C(Cc1c2c(C(C)(C)C)c(O)c(C(C)(C)C)c1CCC2)C(=O)O. The third-order valence-electron chi connectivity index (χ3n) is 8.89. The Morgan fingerprint density at radius 2 is 1.18 bits per heavy atom. The zero-order valence-electron chi connectivity index (χ0n) is 29.4. The van der Waals surface area contributed by atoms with Gasteiger partial charge in [-0.1, -0.05) is 90.0 Å². The summed E-state index contributed by atoms with van der Waals surface area (Å²) in [6.07, 6.45) is 1.62. The van der Waals surface area contributed by atoms with Crippen LogP contribution in [0.1, 0.15) is 153 Å². The number of phenolic OH excluding ortho intramolecular Hbond substituents is 2. The van der Waals surface area contributed by atoms with Crippen LogP contribution in [0.25, 0.3) is 0 Å². The number of hydrogen-bond acceptors (Lipinski definition) is 5. The van der Waals surface area contributed by atoms with Crippen LogP contribution in [0.3, 0.4) is 0 Å². The first-order valence-corrected chi connectivity index (χ1v) is 16.1. The van der Waals surface area contributed by atoms with Gasteiger partial charge in [0.1, 0.15) is 23.5 Å². The van der Waals surface area contributed by atoms with Crippen LogP contribution in [0.2, 0.25) is 0 Å². The molecule has 0 aromatic heterocycles. The monoisotopic (exact) mass is 608 g/mol. The van der Waals surface area contributed by atoms with Gasteiger partial charge in [0, 0.05) is 17.5 Å². The summed E-state index contributed by atoms with van der Waals surface area (Å²) < 4.78 is 6.06. The molecule has 0 fully saturated rings. The number of ether oxygens (including phenoxy) is 1. The van der Waals surface area contributed by atoms with E-state index >= 15 is 0 Å². The molecule has 0 amide bonds. The average Bonchev–Trinajstić information content (AvgIpc) is 2.83. The predicted molar refractivity (Wildman–Crippen MR) is 177 cm³/mol. The molecule has 0 radical (unpaired) electrons. The first kappa shape index (κ1) is 35.5. The number of hydrogen-bond donors (Lipinski definition) is 3. The fourth-order valence-electron chi connectivity index (χ4n) is 6.87. The Morgan fingerprint density at radius 1 is 0.750 bits per heavy atom. The summed E-state index contributed by atoms with van der Waals surface area (Å²) in [5, 5.41) is 34.0. The molecule has 6 heteroatoms. The lowest BCUT2D eigenvalue weighted by atomic mass is 9.68. The number of aliphatic carboxylic acids is 1. The van der Waals surface area contributed by atoms with Crippen molar-refractivity contribution < 1.29 is 29.6 Å². The molecule has 0 heterocycles. The molecule has 2 bridgehead atoms. The van der Waals surface area contributed by atoms with Gasteiger partial charge in [0.2, 0.25) is 0 Å². The van der Waals surface area contributed by atoms with Crippen molar-refractivity contribution in [3.8, 4) is 11.5 Å². The highest BCUT2D eigenvalue weighted by Crippen LogP contribution is 2.49. The maximum atomic E-state index is 13.3. The van der Waals surface area contributed by atoms with Crippen LogP contribution < -0.4 is 0 Å². The van der Waals surface area contributed by atoms with Gasteiger partial charge in [-0.3, -0.25) is 9.59 Å². The number of carboxylic acids is 1. The molecule has 44 heavy (non-hydrogen) atoms. The lowest BCUT2D eigenvalue weighted by Crippen LogP contribution is -2.32. The minimum atomic E-state index is -1.09. The number of phenols is 2. The van der Waals surface area contributed by atoms with E-state index in [0.29, 0.717) is 22.4 Å². The summed E-state index contributed by atoms with van der Waals surface area (Å²) in [7, 11) is 0. The molecule has 1 aliphatic rings. The highest BCUT2D eigenvalue weighted by Gasteiger charge is 2.40. The summed E-state index contributed by atoms with van der Waals surface area (Å²) in [4.78, 5) is 26.2. The molecule has 0 aliphatic heterocycles. The lowest BCUT2D eigenvalue weighted by Gasteiger charge is -2.38. The quantitative estimate of drug-likeness (QED) is 0.272. The zero-order valence-corrected chi connectivity index (χ0v) is 29.4. The van der Waals surface area contributed by atoms with Gasteiger partial charge in [-0.05, 0) is 92.9 Å². The van der Waals surface area contributed by atoms with Gasteiger partial charge in [0.05, 0.1) is 0 Å². The molecule has 0 saturated carbocycles. The minimum absolute atomic E-state index is 0.108. The molecule has 6 nitrogen and oxygen atoms in total. The van der Waals surface area contributed by atoms with Crippen molar-refractivity contribution in [2.24, 2.45) is 5.92 Å². The minimum Gasteiger partial charge on any atom is -0.507 e. The maximum Gasteiger partial charge on any atom is 0.310 e. The van der Waals surface area contributed by atoms with Crippen molar-refractivity contribution in [3.05, 3.63) is 56.6 Å². The number of fused-ring (bicyclic) bond motifs is 2. The van der Waals surface area contributed by atoms with E-state index in [1.807, 2.05) is 53.7 Å². The van der Waals surface area contributed by atoms with Crippen LogP contribution in [-0.4, -0.2) is 27.3 Å². The Morgan fingerprint density at radius 3 is 1.52 bits per heavy atom. The number of rotatable bonds is 7. The highest BCUT2D eigenvalue weighted by molar-refractivity contribution is 5.75. The van der Waals surface area contributed by atoms with Crippen LogP contribution in [0.4, 0.5) is 0 Å². The molecule has 2 atom stereocenters. The van der Waals surface area contributed by atoms with Crippen molar-refractivity contribution >= 4 is 11.9 Å². The smallest absolute Gasteiger partial charge is 0.310 e. The largest absolute Gasteiger partial charge is 0.507 e.